The molecule has 0 amide bonds. The second kappa shape index (κ2) is 7.65. The molecule has 0 aliphatic heterocycles. The Bertz CT molecular complexity index is 436. The van der Waals surface area contributed by atoms with Gasteiger partial charge in [-0.2, -0.15) is 0 Å². The van der Waals surface area contributed by atoms with Crippen molar-refractivity contribution in [2.24, 2.45) is 11.7 Å². The minimum Gasteiger partial charge on any atom is -0.330 e. The fraction of sp³-hybridized carbons (Fsp3) is 0.625. The lowest BCUT2D eigenvalue weighted by Crippen LogP contribution is -2.44. The second-order valence-corrected chi connectivity index (χ2v) is 6.47. The van der Waals surface area contributed by atoms with E-state index in [0.29, 0.717) is 22.0 Å². The Hall–Kier alpha value is -0.280. The van der Waals surface area contributed by atoms with Crippen molar-refractivity contribution in [3.8, 4) is 0 Å². The number of hydrogen-bond acceptors (Lipinski definition) is 2. The Morgan fingerprint density at radius 2 is 1.95 bits per heavy atom. The summed E-state index contributed by atoms with van der Waals surface area (Å²) in [5, 5.41) is 1.26. The molecule has 2 atom stereocenters. The molecule has 1 aliphatic carbocycles. The van der Waals surface area contributed by atoms with Crippen LogP contribution in [-0.2, 0) is 6.54 Å². The maximum atomic E-state index is 6.11. The van der Waals surface area contributed by atoms with Crippen molar-refractivity contribution in [1.82, 2.24) is 4.90 Å². The van der Waals surface area contributed by atoms with Crippen LogP contribution in [0.15, 0.2) is 18.2 Å². The number of hydrogen-bond donors (Lipinski definition) is 1. The van der Waals surface area contributed by atoms with E-state index in [4.69, 9.17) is 28.9 Å². The van der Waals surface area contributed by atoms with Gasteiger partial charge in [0.15, 0.2) is 0 Å². The number of halogens is 2. The summed E-state index contributed by atoms with van der Waals surface area (Å²) < 4.78 is 0. The van der Waals surface area contributed by atoms with Crippen LogP contribution in [-0.4, -0.2) is 24.0 Å². The molecule has 112 valence electrons. The third-order valence-corrected chi connectivity index (χ3v) is 5.16. The highest BCUT2D eigenvalue weighted by molar-refractivity contribution is 6.42. The standard InChI is InChI=1S/C16H24Cl2N2/c1-2-20(16-6-4-3-5-13(16)10-19)11-12-7-8-14(17)15(18)9-12/h7-9,13,16H,2-6,10-11,19H2,1H3. The van der Waals surface area contributed by atoms with Crippen molar-refractivity contribution in [3.63, 3.8) is 0 Å². The smallest absolute Gasteiger partial charge is 0.0595 e. The van der Waals surface area contributed by atoms with Crippen LogP contribution in [0, 0.1) is 5.92 Å². The van der Waals surface area contributed by atoms with Gasteiger partial charge in [-0.15, -0.1) is 0 Å². The molecule has 1 aromatic rings. The molecule has 0 radical (unpaired) electrons. The van der Waals surface area contributed by atoms with Crippen LogP contribution in [0.1, 0.15) is 38.2 Å². The molecule has 20 heavy (non-hydrogen) atoms. The molecule has 1 saturated carbocycles. The second-order valence-electron chi connectivity index (χ2n) is 5.66. The summed E-state index contributed by atoms with van der Waals surface area (Å²) >= 11 is 12.1. The predicted molar refractivity (Wildman–Crippen MR) is 87.3 cm³/mol. The van der Waals surface area contributed by atoms with Crippen LogP contribution in [0.3, 0.4) is 0 Å². The van der Waals surface area contributed by atoms with Gasteiger partial charge in [0.2, 0.25) is 0 Å². The van der Waals surface area contributed by atoms with Crippen molar-refractivity contribution in [3.05, 3.63) is 33.8 Å². The van der Waals surface area contributed by atoms with Gasteiger partial charge in [-0.05, 0) is 49.5 Å². The van der Waals surface area contributed by atoms with Crippen LogP contribution in [0.5, 0.6) is 0 Å². The Morgan fingerprint density at radius 3 is 2.60 bits per heavy atom. The van der Waals surface area contributed by atoms with Gasteiger partial charge < -0.3 is 5.73 Å². The van der Waals surface area contributed by atoms with Crippen LogP contribution in [0.25, 0.3) is 0 Å². The van der Waals surface area contributed by atoms with E-state index in [1.807, 2.05) is 12.1 Å². The molecule has 1 aliphatic rings. The molecule has 2 unspecified atom stereocenters. The Kier molecular flexibility index (Phi) is 6.16. The van der Waals surface area contributed by atoms with E-state index in [9.17, 15) is 0 Å². The molecular weight excluding hydrogens is 291 g/mol. The van der Waals surface area contributed by atoms with Gasteiger partial charge >= 0.3 is 0 Å². The molecule has 0 heterocycles. The molecule has 4 heteroatoms. The van der Waals surface area contributed by atoms with Crippen molar-refractivity contribution in [2.75, 3.05) is 13.1 Å². The average Bonchev–Trinajstić information content (AvgIpc) is 2.48. The zero-order valence-corrected chi connectivity index (χ0v) is 13.6. The minimum atomic E-state index is 0.605. The molecule has 0 aromatic heterocycles. The number of rotatable bonds is 5. The van der Waals surface area contributed by atoms with E-state index in [-0.39, 0.29) is 0 Å². The maximum Gasteiger partial charge on any atom is 0.0595 e. The van der Waals surface area contributed by atoms with Gasteiger partial charge in [-0.25, -0.2) is 0 Å². The molecule has 1 fully saturated rings. The zero-order valence-electron chi connectivity index (χ0n) is 12.1. The topological polar surface area (TPSA) is 29.3 Å². The highest BCUT2D eigenvalue weighted by Gasteiger charge is 2.28. The summed E-state index contributed by atoms with van der Waals surface area (Å²) in [4.78, 5) is 2.54. The van der Waals surface area contributed by atoms with Gasteiger partial charge in [0.05, 0.1) is 10.0 Å². The molecule has 0 saturated heterocycles. The quantitative estimate of drug-likeness (QED) is 0.876. The summed E-state index contributed by atoms with van der Waals surface area (Å²) in [6.45, 7) is 4.98. The Labute approximate surface area is 132 Å². The van der Waals surface area contributed by atoms with Crippen LogP contribution in [0.4, 0.5) is 0 Å². The fourth-order valence-electron chi connectivity index (χ4n) is 3.28. The van der Waals surface area contributed by atoms with Crippen molar-refractivity contribution < 1.29 is 0 Å². The normalized spacial score (nSPS) is 23.2. The molecule has 0 bridgehead atoms. The molecule has 1 aromatic carbocycles. The van der Waals surface area contributed by atoms with E-state index in [1.54, 1.807) is 0 Å². The summed E-state index contributed by atoms with van der Waals surface area (Å²) in [6.07, 6.45) is 5.16. The first kappa shape index (κ1) is 16.1. The lowest BCUT2D eigenvalue weighted by atomic mass is 9.83. The van der Waals surface area contributed by atoms with Gasteiger partial charge in [0, 0.05) is 12.6 Å². The van der Waals surface area contributed by atoms with E-state index < -0.39 is 0 Å². The zero-order chi connectivity index (χ0) is 14.5. The first-order chi connectivity index (χ1) is 9.65. The Morgan fingerprint density at radius 1 is 1.20 bits per heavy atom. The molecule has 2 N–H and O–H groups in total. The molecular formula is C16H24Cl2N2. The Balaban J connectivity index is 2.09. The molecule has 2 nitrogen and oxygen atoms in total. The van der Waals surface area contributed by atoms with Gasteiger partial charge in [0.1, 0.15) is 0 Å². The third kappa shape index (κ3) is 3.88. The summed E-state index contributed by atoms with van der Waals surface area (Å²) in [5.74, 6) is 0.631. The van der Waals surface area contributed by atoms with Crippen molar-refractivity contribution >= 4 is 23.2 Å². The van der Waals surface area contributed by atoms with E-state index in [1.165, 1.54) is 31.2 Å². The van der Waals surface area contributed by atoms with Gasteiger partial charge in [-0.3, -0.25) is 4.90 Å². The average molecular weight is 315 g/mol. The SMILES string of the molecule is CCN(Cc1ccc(Cl)c(Cl)c1)C1CCCCC1CN. The fourth-order valence-corrected chi connectivity index (χ4v) is 3.60. The van der Waals surface area contributed by atoms with Gasteiger partial charge in [-0.1, -0.05) is 49.0 Å². The van der Waals surface area contributed by atoms with E-state index >= 15 is 0 Å². The summed E-state index contributed by atoms with van der Waals surface area (Å²) in [6, 6.07) is 6.53. The van der Waals surface area contributed by atoms with E-state index in [2.05, 4.69) is 17.9 Å². The summed E-state index contributed by atoms with van der Waals surface area (Å²) in [7, 11) is 0. The monoisotopic (exact) mass is 314 g/mol. The lowest BCUT2D eigenvalue weighted by Gasteiger charge is -2.39. The van der Waals surface area contributed by atoms with Gasteiger partial charge in [0.25, 0.3) is 0 Å². The first-order valence-electron chi connectivity index (χ1n) is 7.53. The first-order valence-corrected chi connectivity index (χ1v) is 8.29. The number of nitrogens with two attached hydrogens (primary N) is 1. The van der Waals surface area contributed by atoms with Crippen molar-refractivity contribution in [1.29, 1.82) is 0 Å². The van der Waals surface area contributed by atoms with E-state index in [0.717, 1.165) is 19.6 Å². The highest BCUT2D eigenvalue weighted by atomic mass is 35.5. The minimum absolute atomic E-state index is 0.605. The largest absolute Gasteiger partial charge is 0.330 e. The van der Waals surface area contributed by atoms with Crippen LogP contribution in [0.2, 0.25) is 10.0 Å². The van der Waals surface area contributed by atoms with Crippen LogP contribution < -0.4 is 5.73 Å². The predicted octanol–water partition coefficient (Wildman–Crippen LogP) is 4.33. The lowest BCUT2D eigenvalue weighted by molar-refractivity contribution is 0.105. The third-order valence-electron chi connectivity index (χ3n) is 4.42. The number of benzene rings is 1. The molecule has 0 spiro atoms. The summed E-state index contributed by atoms with van der Waals surface area (Å²) in [5.41, 5.74) is 7.18. The molecule has 2 rings (SSSR count). The maximum absolute atomic E-state index is 6.11. The number of nitrogens with zero attached hydrogens (tertiary/aromatic N) is 1. The van der Waals surface area contributed by atoms with Crippen molar-refractivity contribution in [2.45, 2.75) is 45.2 Å². The van der Waals surface area contributed by atoms with Crippen LogP contribution >= 0.6 is 23.2 Å². The highest BCUT2D eigenvalue weighted by Crippen LogP contribution is 2.30.